The third-order valence-corrected chi connectivity index (χ3v) is 3.91. The molecular formula is C15H21Cl2N3O4. The van der Waals surface area contributed by atoms with E-state index in [0.717, 1.165) is 25.9 Å². The number of β-amino-alcohol motifs (C(OH)–C–C–N with tert-alkyl or cyclic N) is 1. The highest BCUT2D eigenvalue weighted by molar-refractivity contribution is 6.69. The lowest BCUT2D eigenvalue weighted by atomic mass is 10.1. The van der Waals surface area contributed by atoms with Gasteiger partial charge in [0.2, 0.25) is 0 Å². The monoisotopic (exact) mass is 377 g/mol. The molecule has 0 aromatic heterocycles. The number of likely N-dealkylation sites (tertiary alicyclic amines) is 1. The third-order valence-electron chi connectivity index (χ3n) is 3.62. The zero-order chi connectivity index (χ0) is 16.7. The van der Waals surface area contributed by atoms with Crippen LogP contribution in [0.5, 0.6) is 0 Å². The van der Waals surface area contributed by atoms with Gasteiger partial charge >= 0.3 is 0 Å². The van der Waals surface area contributed by atoms with E-state index in [0.29, 0.717) is 12.1 Å². The van der Waals surface area contributed by atoms with Gasteiger partial charge < -0.3 is 14.8 Å². The van der Waals surface area contributed by atoms with Crippen molar-refractivity contribution in [3.63, 3.8) is 0 Å². The lowest BCUT2D eigenvalue weighted by molar-refractivity contribution is -0.384. The minimum absolute atomic E-state index is 0. The second kappa shape index (κ2) is 10.5. The summed E-state index contributed by atoms with van der Waals surface area (Å²) in [6.07, 6.45) is 2.91. The summed E-state index contributed by atoms with van der Waals surface area (Å²) in [5, 5.41) is 24.4. The van der Waals surface area contributed by atoms with Crippen molar-refractivity contribution < 1.29 is 14.9 Å². The van der Waals surface area contributed by atoms with Gasteiger partial charge in [-0.25, -0.2) is 0 Å². The number of aliphatic hydroxyl groups excluding tert-OH is 1. The first-order valence-corrected chi connectivity index (χ1v) is 7.95. The second-order valence-electron chi connectivity index (χ2n) is 5.50. The minimum atomic E-state index is -0.647. The number of hydrogen-bond donors (Lipinski definition) is 1. The molecule has 1 saturated heterocycles. The number of hydrogen-bond acceptors (Lipinski definition) is 6. The van der Waals surface area contributed by atoms with E-state index in [4.69, 9.17) is 16.4 Å². The molecular weight excluding hydrogens is 357 g/mol. The standard InChI is InChI=1S/C15H20ClN3O4.ClH/c16-15(12-5-4-6-13(9-12)19(21)22)17-23-11-14(20)10-18-7-2-1-3-8-18;/h4-6,9,14,20H,1-3,7-8,10-11H2;1H. The number of halogens is 2. The molecule has 9 heteroatoms. The van der Waals surface area contributed by atoms with E-state index in [9.17, 15) is 15.2 Å². The Morgan fingerprint density at radius 1 is 1.42 bits per heavy atom. The fourth-order valence-corrected chi connectivity index (χ4v) is 2.64. The number of nitro benzene ring substituents is 1. The molecule has 1 aromatic carbocycles. The summed E-state index contributed by atoms with van der Waals surface area (Å²) in [5.41, 5.74) is 0.326. The fraction of sp³-hybridized carbons (Fsp3) is 0.533. The van der Waals surface area contributed by atoms with Crippen LogP contribution in [0, 0.1) is 10.1 Å². The first-order valence-electron chi connectivity index (χ1n) is 7.57. The maximum absolute atomic E-state index is 10.7. The van der Waals surface area contributed by atoms with Gasteiger partial charge in [0, 0.05) is 24.2 Å². The van der Waals surface area contributed by atoms with Gasteiger partial charge in [-0.15, -0.1) is 12.4 Å². The summed E-state index contributed by atoms with van der Waals surface area (Å²) in [5.74, 6) is 0. The van der Waals surface area contributed by atoms with Gasteiger partial charge in [0.25, 0.3) is 5.69 Å². The van der Waals surface area contributed by atoms with Gasteiger partial charge in [-0.3, -0.25) is 10.1 Å². The van der Waals surface area contributed by atoms with Gasteiger partial charge in [0.15, 0.2) is 5.17 Å². The maximum Gasteiger partial charge on any atom is 0.270 e. The predicted molar refractivity (Wildman–Crippen MR) is 95.0 cm³/mol. The number of piperidine rings is 1. The average Bonchev–Trinajstić information content (AvgIpc) is 2.55. The van der Waals surface area contributed by atoms with E-state index in [2.05, 4.69) is 10.1 Å². The predicted octanol–water partition coefficient (Wildman–Crippen LogP) is 2.78. The minimum Gasteiger partial charge on any atom is -0.392 e. The van der Waals surface area contributed by atoms with Crippen LogP contribution in [0.2, 0.25) is 0 Å². The van der Waals surface area contributed by atoms with Crippen molar-refractivity contribution in [2.75, 3.05) is 26.2 Å². The van der Waals surface area contributed by atoms with E-state index in [1.807, 2.05) is 0 Å². The van der Waals surface area contributed by atoms with Crippen molar-refractivity contribution in [2.24, 2.45) is 5.16 Å². The van der Waals surface area contributed by atoms with Crippen molar-refractivity contribution >= 4 is 34.9 Å². The molecule has 0 bridgehead atoms. The lowest BCUT2D eigenvalue weighted by Gasteiger charge is -2.27. The normalized spacial score (nSPS) is 17.0. The third kappa shape index (κ3) is 6.60. The summed E-state index contributed by atoms with van der Waals surface area (Å²) < 4.78 is 0. The van der Waals surface area contributed by atoms with Crippen molar-refractivity contribution in [1.29, 1.82) is 0 Å². The Bertz CT molecular complexity index is 565. The Kier molecular flexibility index (Phi) is 8.99. The van der Waals surface area contributed by atoms with E-state index in [1.54, 1.807) is 6.07 Å². The van der Waals surface area contributed by atoms with Crippen LogP contribution in [0.3, 0.4) is 0 Å². The van der Waals surface area contributed by atoms with E-state index < -0.39 is 11.0 Å². The first kappa shape index (κ1) is 20.6. The number of benzene rings is 1. The highest BCUT2D eigenvalue weighted by atomic mass is 35.5. The number of nitro groups is 1. The highest BCUT2D eigenvalue weighted by Gasteiger charge is 2.15. The van der Waals surface area contributed by atoms with Gasteiger partial charge in [0.05, 0.1) is 4.92 Å². The summed E-state index contributed by atoms with van der Waals surface area (Å²) in [6, 6.07) is 5.82. The lowest BCUT2D eigenvalue weighted by Crippen LogP contribution is -2.38. The van der Waals surface area contributed by atoms with Crippen LogP contribution >= 0.6 is 24.0 Å². The molecule has 7 nitrogen and oxygen atoms in total. The molecule has 1 atom stereocenters. The van der Waals surface area contributed by atoms with Crippen molar-refractivity contribution in [3.8, 4) is 0 Å². The average molecular weight is 378 g/mol. The number of rotatable bonds is 7. The van der Waals surface area contributed by atoms with Crippen LogP contribution in [0.25, 0.3) is 0 Å². The fourth-order valence-electron chi connectivity index (χ4n) is 2.47. The van der Waals surface area contributed by atoms with E-state index >= 15 is 0 Å². The number of nitrogens with zero attached hydrogens (tertiary/aromatic N) is 3. The zero-order valence-corrected chi connectivity index (χ0v) is 14.7. The van der Waals surface area contributed by atoms with Crippen molar-refractivity contribution in [3.05, 3.63) is 39.9 Å². The summed E-state index contributed by atoms with van der Waals surface area (Å²) in [4.78, 5) is 17.5. The van der Waals surface area contributed by atoms with Crippen LogP contribution in [-0.4, -0.2) is 52.4 Å². The Morgan fingerprint density at radius 2 is 2.12 bits per heavy atom. The van der Waals surface area contributed by atoms with Crippen LogP contribution in [0.4, 0.5) is 5.69 Å². The van der Waals surface area contributed by atoms with Crippen molar-refractivity contribution in [1.82, 2.24) is 4.90 Å². The van der Waals surface area contributed by atoms with Crippen molar-refractivity contribution in [2.45, 2.75) is 25.4 Å². The van der Waals surface area contributed by atoms with Crippen LogP contribution in [0.1, 0.15) is 24.8 Å². The Hall–Kier alpha value is -1.41. The molecule has 1 N–H and O–H groups in total. The first-order chi connectivity index (χ1) is 11.1. The Labute approximate surface area is 151 Å². The summed E-state index contributed by atoms with van der Waals surface area (Å²) in [7, 11) is 0. The maximum atomic E-state index is 10.7. The molecule has 2 rings (SSSR count). The second-order valence-corrected chi connectivity index (χ2v) is 5.86. The molecule has 1 heterocycles. The van der Waals surface area contributed by atoms with Crippen LogP contribution in [0.15, 0.2) is 29.4 Å². The molecule has 0 aliphatic carbocycles. The summed E-state index contributed by atoms with van der Waals surface area (Å²) in [6.45, 7) is 2.56. The van der Waals surface area contributed by atoms with Crippen LogP contribution < -0.4 is 0 Å². The van der Waals surface area contributed by atoms with Gasteiger partial charge in [-0.1, -0.05) is 35.3 Å². The molecule has 1 fully saturated rings. The zero-order valence-electron chi connectivity index (χ0n) is 13.1. The molecule has 134 valence electrons. The van der Waals surface area contributed by atoms with E-state index in [-0.39, 0.29) is 29.9 Å². The molecule has 0 radical (unpaired) electrons. The smallest absolute Gasteiger partial charge is 0.270 e. The quantitative estimate of drug-likeness (QED) is 0.448. The molecule has 0 spiro atoms. The number of oxime groups is 1. The molecule has 24 heavy (non-hydrogen) atoms. The van der Waals surface area contributed by atoms with Gasteiger partial charge in [-0.05, 0) is 25.9 Å². The Balaban J connectivity index is 0.00000288. The number of non-ortho nitro benzene ring substituents is 1. The van der Waals surface area contributed by atoms with Crippen LogP contribution in [-0.2, 0) is 4.84 Å². The summed E-state index contributed by atoms with van der Waals surface area (Å²) >= 11 is 5.97. The van der Waals surface area contributed by atoms with Gasteiger partial charge in [0.1, 0.15) is 12.7 Å². The molecule has 0 amide bonds. The molecule has 1 aliphatic heterocycles. The molecule has 1 aliphatic rings. The van der Waals surface area contributed by atoms with E-state index in [1.165, 1.54) is 24.6 Å². The molecule has 1 aromatic rings. The van der Waals surface area contributed by atoms with Gasteiger partial charge in [-0.2, -0.15) is 0 Å². The molecule has 0 saturated carbocycles. The Morgan fingerprint density at radius 3 is 2.79 bits per heavy atom. The SMILES string of the molecule is Cl.O=[N+]([O-])c1cccc(C(Cl)=NOCC(O)CN2CCCCC2)c1. The number of aliphatic hydroxyl groups is 1. The topological polar surface area (TPSA) is 88.2 Å². The molecule has 1 unspecified atom stereocenters. The largest absolute Gasteiger partial charge is 0.392 e. The highest BCUT2D eigenvalue weighted by Crippen LogP contribution is 2.15.